The highest BCUT2D eigenvalue weighted by Crippen LogP contribution is 2.27. The van der Waals surface area contributed by atoms with Crippen molar-refractivity contribution in [2.45, 2.75) is 25.8 Å². The van der Waals surface area contributed by atoms with E-state index in [4.69, 9.17) is 5.11 Å². The number of carbonyl (C=O) groups is 2. The van der Waals surface area contributed by atoms with Crippen molar-refractivity contribution >= 4 is 22.8 Å². The fraction of sp³-hybridized carbons (Fsp3) is 0.304. The number of rotatable bonds is 5. The molecule has 5 heteroatoms. The molecule has 0 saturated carbocycles. The zero-order valence-corrected chi connectivity index (χ0v) is 15.8. The van der Waals surface area contributed by atoms with E-state index in [1.54, 1.807) is 0 Å². The van der Waals surface area contributed by atoms with Crippen LogP contribution in [0.25, 0.3) is 10.9 Å². The Balaban J connectivity index is 1.57. The second-order valence-electron chi connectivity index (χ2n) is 7.51. The molecule has 0 aliphatic carbocycles. The van der Waals surface area contributed by atoms with Gasteiger partial charge >= 0.3 is 5.97 Å². The highest BCUT2D eigenvalue weighted by Gasteiger charge is 2.26. The maximum Gasteiger partial charge on any atom is 0.303 e. The SMILES string of the molecule is O=C(O)CC1CCN(C(=O)c2cn(Cc3ccccc3)c3ccccc23)CC1. The topological polar surface area (TPSA) is 62.5 Å². The third-order valence-corrected chi connectivity index (χ3v) is 5.58. The van der Waals surface area contributed by atoms with Crippen LogP contribution in [0.4, 0.5) is 0 Å². The van der Waals surface area contributed by atoms with Gasteiger partial charge in [-0.25, -0.2) is 0 Å². The first-order chi connectivity index (χ1) is 13.6. The van der Waals surface area contributed by atoms with Gasteiger partial charge < -0.3 is 14.6 Å². The lowest BCUT2D eigenvalue weighted by atomic mass is 9.93. The van der Waals surface area contributed by atoms with Crippen molar-refractivity contribution in [1.82, 2.24) is 9.47 Å². The van der Waals surface area contributed by atoms with Crippen molar-refractivity contribution in [3.63, 3.8) is 0 Å². The van der Waals surface area contributed by atoms with E-state index < -0.39 is 5.97 Å². The minimum Gasteiger partial charge on any atom is -0.481 e. The quantitative estimate of drug-likeness (QED) is 0.732. The van der Waals surface area contributed by atoms with Crippen LogP contribution < -0.4 is 0 Å². The van der Waals surface area contributed by atoms with Gasteiger partial charge in [0.15, 0.2) is 0 Å². The number of hydrogen-bond acceptors (Lipinski definition) is 2. The van der Waals surface area contributed by atoms with Crippen molar-refractivity contribution in [2.24, 2.45) is 5.92 Å². The smallest absolute Gasteiger partial charge is 0.303 e. The Bertz CT molecular complexity index is 986. The zero-order chi connectivity index (χ0) is 19.5. The Kier molecular flexibility index (Phi) is 5.15. The van der Waals surface area contributed by atoms with Crippen LogP contribution in [0.15, 0.2) is 60.8 Å². The van der Waals surface area contributed by atoms with Crippen molar-refractivity contribution in [1.29, 1.82) is 0 Å². The average Bonchev–Trinajstić information content (AvgIpc) is 3.07. The third kappa shape index (κ3) is 3.79. The predicted molar refractivity (Wildman–Crippen MR) is 108 cm³/mol. The molecule has 0 radical (unpaired) electrons. The molecule has 28 heavy (non-hydrogen) atoms. The molecule has 5 nitrogen and oxygen atoms in total. The number of amides is 1. The minimum absolute atomic E-state index is 0.0387. The lowest BCUT2D eigenvalue weighted by molar-refractivity contribution is -0.138. The summed E-state index contributed by atoms with van der Waals surface area (Å²) in [6.45, 7) is 1.96. The monoisotopic (exact) mass is 376 g/mol. The van der Waals surface area contributed by atoms with Crippen LogP contribution in [0, 0.1) is 5.92 Å². The number of piperidine rings is 1. The largest absolute Gasteiger partial charge is 0.481 e. The van der Waals surface area contributed by atoms with Crippen molar-refractivity contribution < 1.29 is 14.7 Å². The van der Waals surface area contributed by atoms with Crippen LogP contribution in [-0.2, 0) is 11.3 Å². The summed E-state index contributed by atoms with van der Waals surface area (Å²) >= 11 is 0. The van der Waals surface area contributed by atoms with E-state index in [2.05, 4.69) is 16.7 Å². The summed E-state index contributed by atoms with van der Waals surface area (Å²) in [5.74, 6) is -0.550. The van der Waals surface area contributed by atoms with Crippen LogP contribution >= 0.6 is 0 Å². The van der Waals surface area contributed by atoms with Crippen LogP contribution in [0.3, 0.4) is 0 Å². The molecule has 2 heterocycles. The molecular formula is C23H24N2O3. The van der Waals surface area contributed by atoms with E-state index in [0.29, 0.717) is 13.1 Å². The molecule has 1 saturated heterocycles. The molecule has 1 aromatic heterocycles. The molecule has 1 fully saturated rings. The Hall–Kier alpha value is -3.08. The summed E-state index contributed by atoms with van der Waals surface area (Å²) in [4.78, 5) is 26.0. The van der Waals surface area contributed by atoms with Crippen molar-refractivity contribution in [3.05, 3.63) is 71.9 Å². The highest BCUT2D eigenvalue weighted by molar-refractivity contribution is 6.07. The Labute approximate surface area is 164 Å². The first-order valence-electron chi connectivity index (χ1n) is 9.74. The maximum atomic E-state index is 13.2. The molecule has 3 aromatic rings. The standard InChI is InChI=1S/C23H24N2O3/c26-22(27)14-17-10-12-24(13-11-17)23(28)20-16-25(15-18-6-2-1-3-7-18)21-9-5-4-8-19(20)21/h1-9,16-17H,10-15H2,(H,26,27). The zero-order valence-electron chi connectivity index (χ0n) is 15.8. The molecule has 0 bridgehead atoms. The fourth-order valence-electron chi connectivity index (χ4n) is 4.09. The number of likely N-dealkylation sites (tertiary alicyclic amines) is 1. The van der Waals surface area contributed by atoms with Gasteiger partial charge in [-0.2, -0.15) is 0 Å². The third-order valence-electron chi connectivity index (χ3n) is 5.58. The lowest BCUT2D eigenvalue weighted by Crippen LogP contribution is -2.38. The molecular weight excluding hydrogens is 352 g/mol. The number of para-hydroxylation sites is 1. The fourth-order valence-corrected chi connectivity index (χ4v) is 4.09. The van der Waals surface area contributed by atoms with Crippen molar-refractivity contribution in [2.75, 3.05) is 13.1 Å². The average molecular weight is 376 g/mol. The van der Waals surface area contributed by atoms with Crippen molar-refractivity contribution in [3.8, 4) is 0 Å². The van der Waals surface area contributed by atoms with Gasteiger partial charge in [0.25, 0.3) is 5.91 Å². The van der Waals surface area contributed by atoms with Gasteiger partial charge in [0.2, 0.25) is 0 Å². The molecule has 1 aliphatic heterocycles. The van der Waals surface area contributed by atoms with E-state index in [1.807, 2.05) is 53.6 Å². The Morgan fingerprint density at radius 2 is 1.64 bits per heavy atom. The first-order valence-corrected chi connectivity index (χ1v) is 9.74. The van der Waals surface area contributed by atoms with Gasteiger partial charge in [-0.15, -0.1) is 0 Å². The number of carboxylic acids is 1. The molecule has 1 amide bonds. The predicted octanol–water partition coefficient (Wildman–Crippen LogP) is 4.02. The van der Waals surface area contributed by atoms with Gasteiger partial charge in [0.1, 0.15) is 0 Å². The van der Waals surface area contributed by atoms with Gasteiger partial charge in [-0.05, 0) is 30.4 Å². The molecule has 4 rings (SSSR count). The number of carboxylic acid groups (broad SMARTS) is 1. The molecule has 0 atom stereocenters. The number of hydrogen-bond donors (Lipinski definition) is 1. The lowest BCUT2D eigenvalue weighted by Gasteiger charge is -2.31. The van der Waals surface area contributed by atoms with E-state index in [1.165, 1.54) is 5.56 Å². The van der Waals surface area contributed by atoms with Crippen LogP contribution in [-0.4, -0.2) is 39.5 Å². The summed E-state index contributed by atoms with van der Waals surface area (Å²) < 4.78 is 2.13. The number of fused-ring (bicyclic) bond motifs is 1. The summed E-state index contributed by atoms with van der Waals surface area (Å²) in [5, 5.41) is 9.95. The number of nitrogens with zero attached hydrogens (tertiary/aromatic N) is 2. The van der Waals surface area contributed by atoms with E-state index in [9.17, 15) is 9.59 Å². The number of aliphatic carboxylic acids is 1. The molecule has 0 unspecified atom stereocenters. The summed E-state index contributed by atoms with van der Waals surface area (Å²) in [6.07, 6.45) is 3.66. The van der Waals surface area contributed by atoms with Crippen LogP contribution in [0.1, 0.15) is 35.2 Å². The normalized spacial score (nSPS) is 15.1. The second kappa shape index (κ2) is 7.89. The Morgan fingerprint density at radius 3 is 2.36 bits per heavy atom. The molecule has 1 N–H and O–H groups in total. The molecule has 144 valence electrons. The molecule has 2 aromatic carbocycles. The minimum atomic E-state index is -0.756. The van der Waals surface area contributed by atoms with Crippen LogP contribution in [0.2, 0.25) is 0 Å². The molecule has 1 aliphatic rings. The second-order valence-corrected chi connectivity index (χ2v) is 7.51. The number of benzene rings is 2. The van der Waals surface area contributed by atoms with Crippen LogP contribution in [0.5, 0.6) is 0 Å². The van der Waals surface area contributed by atoms with E-state index in [0.717, 1.165) is 35.9 Å². The Morgan fingerprint density at radius 1 is 0.964 bits per heavy atom. The van der Waals surface area contributed by atoms with E-state index in [-0.39, 0.29) is 18.2 Å². The van der Waals surface area contributed by atoms with Gasteiger partial charge in [0.05, 0.1) is 5.56 Å². The van der Waals surface area contributed by atoms with Gasteiger partial charge in [-0.1, -0.05) is 48.5 Å². The van der Waals surface area contributed by atoms with Gasteiger partial charge in [0, 0.05) is 43.2 Å². The van der Waals surface area contributed by atoms with Gasteiger partial charge in [-0.3, -0.25) is 9.59 Å². The summed E-state index contributed by atoms with van der Waals surface area (Å²) in [6, 6.07) is 18.2. The first kappa shape index (κ1) is 18.3. The molecule has 0 spiro atoms. The number of aromatic nitrogens is 1. The maximum absolute atomic E-state index is 13.2. The van der Waals surface area contributed by atoms with E-state index >= 15 is 0 Å². The summed E-state index contributed by atoms with van der Waals surface area (Å²) in [7, 11) is 0. The summed E-state index contributed by atoms with van der Waals surface area (Å²) in [5.41, 5.74) is 2.97. The highest BCUT2D eigenvalue weighted by atomic mass is 16.4. The number of carbonyl (C=O) groups excluding carboxylic acids is 1.